The van der Waals surface area contributed by atoms with Crippen molar-refractivity contribution in [2.45, 2.75) is 32.2 Å². The molecule has 25 heavy (non-hydrogen) atoms. The number of rotatable bonds is 4. The molecule has 3 aliphatic rings. The second-order valence-corrected chi connectivity index (χ2v) is 7.88. The molecule has 4 rings (SSSR count). The monoisotopic (exact) mass is 343 g/mol. The number of aliphatic carboxylic acids is 1. The summed E-state index contributed by atoms with van der Waals surface area (Å²) >= 11 is 0. The maximum Gasteiger partial charge on any atom is 0.313 e. The zero-order valence-corrected chi connectivity index (χ0v) is 14.4. The predicted octanol–water partition coefficient (Wildman–Crippen LogP) is 1.62. The smallest absolute Gasteiger partial charge is 0.313 e. The van der Waals surface area contributed by atoms with Gasteiger partial charge in [-0.05, 0) is 30.5 Å². The van der Waals surface area contributed by atoms with Gasteiger partial charge in [-0.15, -0.1) is 0 Å². The summed E-state index contributed by atoms with van der Waals surface area (Å²) in [5.74, 6) is -0.417. The highest BCUT2D eigenvalue weighted by Crippen LogP contribution is 2.44. The summed E-state index contributed by atoms with van der Waals surface area (Å²) in [6, 6.07) is 3.94. The van der Waals surface area contributed by atoms with Crippen molar-refractivity contribution in [1.29, 1.82) is 0 Å². The lowest BCUT2D eigenvalue weighted by atomic mass is 9.81. The van der Waals surface area contributed by atoms with Crippen molar-refractivity contribution in [3.63, 3.8) is 0 Å². The van der Waals surface area contributed by atoms with Crippen LogP contribution in [-0.2, 0) is 16.1 Å². The van der Waals surface area contributed by atoms with Crippen LogP contribution in [0.1, 0.15) is 31.2 Å². The molecule has 3 fully saturated rings. The molecule has 6 heteroatoms. The van der Waals surface area contributed by atoms with Crippen LogP contribution in [-0.4, -0.2) is 57.9 Å². The number of fused-ring (bicyclic) bond motifs is 1. The fraction of sp³-hybridized carbons (Fsp3) is 0.632. The molecule has 0 aromatic carbocycles. The molecule has 1 aliphatic carbocycles. The predicted molar refractivity (Wildman–Crippen MR) is 91.6 cm³/mol. The lowest BCUT2D eigenvalue weighted by Gasteiger charge is -2.26. The Bertz CT molecular complexity index is 659. The summed E-state index contributed by atoms with van der Waals surface area (Å²) in [5, 5.41) is 9.95. The molecule has 2 atom stereocenters. The van der Waals surface area contributed by atoms with E-state index in [-0.39, 0.29) is 17.7 Å². The van der Waals surface area contributed by atoms with Crippen LogP contribution in [0.2, 0.25) is 0 Å². The van der Waals surface area contributed by atoms with Gasteiger partial charge in [-0.25, -0.2) is 0 Å². The first-order valence-electron chi connectivity index (χ1n) is 9.22. The van der Waals surface area contributed by atoms with Crippen LogP contribution >= 0.6 is 0 Å². The van der Waals surface area contributed by atoms with E-state index in [1.807, 2.05) is 17.0 Å². The summed E-state index contributed by atoms with van der Waals surface area (Å²) in [5.41, 5.74) is 0.343. The number of carbonyl (C=O) groups excluding carboxylic acids is 1. The molecule has 134 valence electrons. The van der Waals surface area contributed by atoms with E-state index in [2.05, 4.69) is 9.88 Å². The van der Waals surface area contributed by atoms with Crippen LogP contribution in [0, 0.1) is 17.3 Å². The Hall–Kier alpha value is -1.95. The van der Waals surface area contributed by atoms with Gasteiger partial charge in [-0.3, -0.25) is 19.5 Å². The Morgan fingerprint density at radius 2 is 1.88 bits per heavy atom. The minimum absolute atomic E-state index is 0.0252. The first kappa shape index (κ1) is 16.5. The number of nitrogens with zero attached hydrogens (tertiary/aromatic N) is 3. The lowest BCUT2D eigenvalue weighted by molar-refractivity contribution is -0.149. The van der Waals surface area contributed by atoms with Crippen LogP contribution in [0.5, 0.6) is 0 Å². The van der Waals surface area contributed by atoms with Crippen molar-refractivity contribution < 1.29 is 14.7 Å². The highest BCUT2D eigenvalue weighted by Gasteiger charge is 2.58. The first-order valence-corrected chi connectivity index (χ1v) is 9.22. The van der Waals surface area contributed by atoms with Gasteiger partial charge in [0.1, 0.15) is 5.41 Å². The fourth-order valence-corrected chi connectivity index (χ4v) is 4.94. The first-order chi connectivity index (χ1) is 12.1. The van der Waals surface area contributed by atoms with Crippen molar-refractivity contribution >= 4 is 11.9 Å². The quantitative estimate of drug-likeness (QED) is 0.899. The zero-order valence-electron chi connectivity index (χ0n) is 14.4. The largest absolute Gasteiger partial charge is 0.481 e. The van der Waals surface area contributed by atoms with E-state index in [1.54, 1.807) is 12.4 Å². The van der Waals surface area contributed by atoms with E-state index < -0.39 is 11.4 Å². The van der Waals surface area contributed by atoms with Gasteiger partial charge in [0.25, 0.3) is 0 Å². The molecule has 1 aromatic rings. The van der Waals surface area contributed by atoms with Gasteiger partial charge in [0.2, 0.25) is 5.91 Å². The van der Waals surface area contributed by atoms with E-state index in [0.29, 0.717) is 19.6 Å². The number of carboxylic acids is 1. The summed E-state index contributed by atoms with van der Waals surface area (Å²) < 4.78 is 0. The fourth-order valence-electron chi connectivity index (χ4n) is 4.94. The van der Waals surface area contributed by atoms with Crippen LogP contribution in [0.25, 0.3) is 0 Å². The van der Waals surface area contributed by atoms with Crippen LogP contribution in [0.4, 0.5) is 0 Å². The van der Waals surface area contributed by atoms with Crippen molar-refractivity contribution in [3.05, 3.63) is 30.1 Å². The molecule has 0 radical (unpaired) electrons. The minimum Gasteiger partial charge on any atom is -0.481 e. The van der Waals surface area contributed by atoms with Crippen molar-refractivity contribution in [2.24, 2.45) is 17.3 Å². The molecule has 0 spiro atoms. The average molecular weight is 343 g/mol. The SMILES string of the molecule is O=C(C1CCCC1)N1C[C@H]2CN(Cc3ccncc3)C[C@@]2(C(=O)O)C1. The number of aromatic nitrogens is 1. The van der Waals surface area contributed by atoms with E-state index in [1.165, 1.54) is 0 Å². The van der Waals surface area contributed by atoms with E-state index in [4.69, 9.17) is 0 Å². The third-order valence-electron chi connectivity index (χ3n) is 6.28. The van der Waals surface area contributed by atoms with Crippen LogP contribution < -0.4 is 0 Å². The van der Waals surface area contributed by atoms with E-state index >= 15 is 0 Å². The topological polar surface area (TPSA) is 73.7 Å². The third kappa shape index (κ3) is 2.92. The Balaban J connectivity index is 1.46. The molecule has 1 saturated carbocycles. The second kappa shape index (κ2) is 6.41. The third-order valence-corrected chi connectivity index (χ3v) is 6.28. The van der Waals surface area contributed by atoms with Gasteiger partial charge in [-0.1, -0.05) is 12.8 Å². The van der Waals surface area contributed by atoms with E-state index in [0.717, 1.165) is 44.3 Å². The zero-order chi connectivity index (χ0) is 17.4. The summed E-state index contributed by atoms with van der Waals surface area (Å²) in [6.45, 7) is 2.96. The Labute approximate surface area is 147 Å². The molecule has 2 saturated heterocycles. The Morgan fingerprint density at radius 3 is 2.52 bits per heavy atom. The van der Waals surface area contributed by atoms with Gasteiger partial charge in [0.05, 0.1) is 0 Å². The van der Waals surface area contributed by atoms with Crippen LogP contribution in [0.15, 0.2) is 24.5 Å². The number of likely N-dealkylation sites (tertiary alicyclic amines) is 2. The molecule has 1 N–H and O–H groups in total. The molecule has 0 bridgehead atoms. The molecule has 0 unspecified atom stereocenters. The summed E-state index contributed by atoms with van der Waals surface area (Å²) in [6.07, 6.45) is 7.71. The molecule has 3 heterocycles. The Kier molecular flexibility index (Phi) is 4.23. The number of amides is 1. The molecule has 1 amide bonds. The van der Waals surface area contributed by atoms with Gasteiger partial charge < -0.3 is 10.0 Å². The molecule has 2 aliphatic heterocycles. The lowest BCUT2D eigenvalue weighted by Crippen LogP contribution is -2.42. The normalized spacial score (nSPS) is 29.9. The van der Waals surface area contributed by atoms with Crippen molar-refractivity contribution in [1.82, 2.24) is 14.8 Å². The number of hydrogen-bond donors (Lipinski definition) is 1. The number of pyridine rings is 1. The molecule has 6 nitrogen and oxygen atoms in total. The van der Waals surface area contributed by atoms with Crippen molar-refractivity contribution in [3.8, 4) is 0 Å². The second-order valence-electron chi connectivity index (χ2n) is 7.88. The maximum atomic E-state index is 12.7. The van der Waals surface area contributed by atoms with Crippen molar-refractivity contribution in [2.75, 3.05) is 26.2 Å². The van der Waals surface area contributed by atoms with Gasteiger partial charge in [0, 0.05) is 57.0 Å². The van der Waals surface area contributed by atoms with Gasteiger partial charge in [0.15, 0.2) is 0 Å². The average Bonchev–Trinajstić information content (AvgIpc) is 3.29. The number of hydrogen-bond acceptors (Lipinski definition) is 4. The number of carboxylic acid groups (broad SMARTS) is 1. The van der Waals surface area contributed by atoms with Gasteiger partial charge >= 0.3 is 5.97 Å². The maximum absolute atomic E-state index is 12.7. The Morgan fingerprint density at radius 1 is 1.16 bits per heavy atom. The van der Waals surface area contributed by atoms with Crippen LogP contribution in [0.3, 0.4) is 0 Å². The molecule has 1 aromatic heterocycles. The highest BCUT2D eigenvalue weighted by atomic mass is 16.4. The number of carbonyl (C=O) groups is 2. The molecular weight excluding hydrogens is 318 g/mol. The standard InChI is InChI=1S/C19H25N3O3/c23-17(15-3-1-2-4-15)22-11-16-10-21(9-14-5-7-20-8-6-14)12-19(16,13-22)18(24)25/h5-8,15-16H,1-4,9-13H2,(H,24,25)/t16-,19-/m1/s1. The molecular formula is C19H25N3O3. The summed E-state index contributed by atoms with van der Waals surface area (Å²) in [7, 11) is 0. The van der Waals surface area contributed by atoms with E-state index in [9.17, 15) is 14.7 Å². The highest BCUT2D eigenvalue weighted by molar-refractivity contribution is 5.83. The minimum atomic E-state index is -0.804. The van der Waals surface area contributed by atoms with Gasteiger partial charge in [-0.2, -0.15) is 0 Å². The summed E-state index contributed by atoms with van der Waals surface area (Å²) in [4.78, 5) is 32.9.